The number of hydrogen-bond donors (Lipinski definition) is 0. The minimum absolute atomic E-state index is 0.170. The Morgan fingerprint density at radius 1 is 1.53 bits per heavy atom. The van der Waals surface area contributed by atoms with E-state index in [1.165, 1.54) is 0 Å². The highest BCUT2D eigenvalue weighted by Gasteiger charge is 2.25. The number of nitrogens with zero attached hydrogens (tertiary/aromatic N) is 1. The summed E-state index contributed by atoms with van der Waals surface area (Å²) in [4.78, 5) is 15.8. The van der Waals surface area contributed by atoms with Crippen LogP contribution in [0.3, 0.4) is 0 Å². The van der Waals surface area contributed by atoms with Gasteiger partial charge in [0.25, 0.3) is 0 Å². The van der Waals surface area contributed by atoms with Crippen LogP contribution in [0.5, 0.6) is 0 Å². The van der Waals surface area contributed by atoms with Crippen LogP contribution in [0.4, 0.5) is 0 Å². The van der Waals surface area contributed by atoms with Crippen LogP contribution < -0.4 is 0 Å². The van der Waals surface area contributed by atoms with Crippen molar-refractivity contribution >= 4 is 17.6 Å². The first-order valence-corrected chi connectivity index (χ1v) is 5.34. The molecule has 0 N–H and O–H groups in total. The second-order valence-electron chi connectivity index (χ2n) is 3.90. The minimum Gasteiger partial charge on any atom is -0.462 e. The summed E-state index contributed by atoms with van der Waals surface area (Å²) in [5.74, 6) is -0.104. The van der Waals surface area contributed by atoms with Crippen LogP contribution in [0, 0.1) is 0 Å². The van der Waals surface area contributed by atoms with Crippen molar-refractivity contribution in [1.82, 2.24) is 4.98 Å². The highest BCUT2D eigenvalue weighted by atomic mass is 35.5. The van der Waals surface area contributed by atoms with E-state index in [2.05, 4.69) is 4.98 Å². The number of halogens is 1. The molecule has 0 atom stereocenters. The fourth-order valence-electron chi connectivity index (χ4n) is 1.76. The van der Waals surface area contributed by atoms with E-state index in [0.717, 1.165) is 17.7 Å². The van der Waals surface area contributed by atoms with Gasteiger partial charge in [0.15, 0.2) is 0 Å². The van der Waals surface area contributed by atoms with Gasteiger partial charge in [-0.05, 0) is 17.5 Å². The molecule has 0 radical (unpaired) electrons. The lowest BCUT2D eigenvalue weighted by Crippen LogP contribution is -2.21. The number of esters is 1. The maximum atomic E-state index is 11.6. The van der Waals surface area contributed by atoms with E-state index in [-0.39, 0.29) is 11.9 Å². The predicted octanol–water partition coefficient (Wildman–Crippen LogP) is 2.57. The highest BCUT2D eigenvalue weighted by Crippen LogP contribution is 2.27. The topological polar surface area (TPSA) is 39.2 Å². The molecule has 0 amide bonds. The molecule has 1 aliphatic rings. The van der Waals surface area contributed by atoms with Crippen LogP contribution >= 0.6 is 11.6 Å². The van der Waals surface area contributed by atoms with Crippen LogP contribution in [0.25, 0.3) is 0 Å². The molecule has 0 bridgehead atoms. The summed E-state index contributed by atoms with van der Waals surface area (Å²) in [5.41, 5.74) is 2.30. The zero-order valence-electron chi connectivity index (χ0n) is 8.71. The van der Waals surface area contributed by atoms with E-state index in [9.17, 15) is 4.79 Å². The zero-order valence-corrected chi connectivity index (χ0v) is 9.47. The molecule has 4 heteroatoms. The number of aromatic nitrogens is 1. The number of rotatable bonds is 1. The molecule has 3 nitrogen and oxygen atoms in total. The molecular weight excluding hydrogens is 214 g/mol. The molecular formula is C11H12ClNO2. The third-order valence-corrected chi connectivity index (χ3v) is 2.65. The first-order chi connectivity index (χ1) is 7.09. The SMILES string of the molecule is CC(C)c1nc(Cl)cc2c1C(=O)OCC2. The smallest absolute Gasteiger partial charge is 0.340 e. The number of cyclic esters (lactones) is 1. The average Bonchev–Trinajstić information content (AvgIpc) is 2.16. The van der Waals surface area contributed by atoms with Gasteiger partial charge in [0.1, 0.15) is 5.15 Å². The van der Waals surface area contributed by atoms with E-state index in [1.54, 1.807) is 6.07 Å². The van der Waals surface area contributed by atoms with E-state index in [1.807, 2.05) is 13.8 Å². The van der Waals surface area contributed by atoms with Crippen molar-refractivity contribution in [2.24, 2.45) is 0 Å². The van der Waals surface area contributed by atoms with E-state index in [0.29, 0.717) is 17.3 Å². The molecule has 0 aliphatic carbocycles. The van der Waals surface area contributed by atoms with Crippen molar-refractivity contribution in [1.29, 1.82) is 0 Å². The Kier molecular flexibility index (Phi) is 2.65. The van der Waals surface area contributed by atoms with Gasteiger partial charge in [-0.3, -0.25) is 0 Å². The third-order valence-electron chi connectivity index (χ3n) is 2.45. The second kappa shape index (κ2) is 3.81. The van der Waals surface area contributed by atoms with Crippen LogP contribution in [0.1, 0.15) is 41.4 Å². The normalized spacial score (nSPS) is 15.1. The van der Waals surface area contributed by atoms with Crippen LogP contribution in [-0.2, 0) is 11.2 Å². The lowest BCUT2D eigenvalue weighted by molar-refractivity contribution is 0.0477. The second-order valence-corrected chi connectivity index (χ2v) is 4.29. The fourth-order valence-corrected chi connectivity index (χ4v) is 1.98. The number of carbonyl (C=O) groups is 1. The molecule has 1 aromatic heterocycles. The van der Waals surface area contributed by atoms with E-state index in [4.69, 9.17) is 16.3 Å². The number of hydrogen-bond acceptors (Lipinski definition) is 3. The number of pyridine rings is 1. The minimum atomic E-state index is -0.274. The Morgan fingerprint density at radius 2 is 2.27 bits per heavy atom. The Balaban J connectivity index is 2.63. The van der Waals surface area contributed by atoms with E-state index >= 15 is 0 Å². The molecule has 0 unspecified atom stereocenters. The van der Waals surface area contributed by atoms with Crippen molar-refractivity contribution in [3.05, 3.63) is 28.0 Å². The molecule has 0 saturated carbocycles. The van der Waals surface area contributed by atoms with Crippen molar-refractivity contribution in [3.63, 3.8) is 0 Å². The monoisotopic (exact) mass is 225 g/mol. The summed E-state index contributed by atoms with van der Waals surface area (Å²) >= 11 is 5.91. The Labute approximate surface area is 93.4 Å². The molecule has 2 heterocycles. The summed E-state index contributed by atoms with van der Waals surface area (Å²) in [6, 6.07) is 1.75. The molecule has 80 valence electrons. The summed E-state index contributed by atoms with van der Waals surface area (Å²) < 4.78 is 5.01. The van der Waals surface area contributed by atoms with Crippen molar-refractivity contribution in [3.8, 4) is 0 Å². The maximum absolute atomic E-state index is 11.6. The van der Waals surface area contributed by atoms with Crippen molar-refractivity contribution in [2.75, 3.05) is 6.61 Å². The summed E-state index contributed by atoms with van der Waals surface area (Å²) in [5, 5.41) is 0.451. The van der Waals surface area contributed by atoms with Crippen LogP contribution in [0.15, 0.2) is 6.07 Å². The predicted molar refractivity (Wildman–Crippen MR) is 57.3 cm³/mol. The van der Waals surface area contributed by atoms with Gasteiger partial charge in [-0.25, -0.2) is 9.78 Å². The Bertz CT molecular complexity index is 415. The van der Waals surface area contributed by atoms with Gasteiger partial charge in [0.05, 0.1) is 17.9 Å². The summed E-state index contributed by atoms with van der Waals surface area (Å²) in [6.45, 7) is 4.41. The van der Waals surface area contributed by atoms with Gasteiger partial charge in [-0.15, -0.1) is 0 Å². The van der Waals surface area contributed by atoms with E-state index < -0.39 is 0 Å². The lowest BCUT2D eigenvalue weighted by atomic mass is 9.96. The summed E-state index contributed by atoms with van der Waals surface area (Å²) in [7, 11) is 0. The van der Waals surface area contributed by atoms with Gasteiger partial charge >= 0.3 is 5.97 Å². The molecule has 1 aliphatic heterocycles. The van der Waals surface area contributed by atoms with Gasteiger partial charge in [0.2, 0.25) is 0 Å². The number of fused-ring (bicyclic) bond motifs is 1. The average molecular weight is 226 g/mol. The van der Waals surface area contributed by atoms with Gasteiger partial charge in [-0.1, -0.05) is 25.4 Å². The fraction of sp³-hybridized carbons (Fsp3) is 0.455. The molecule has 2 rings (SSSR count). The zero-order chi connectivity index (χ0) is 11.0. The molecule has 0 aromatic carbocycles. The Hall–Kier alpha value is -1.09. The molecule has 0 saturated heterocycles. The number of ether oxygens (including phenoxy) is 1. The van der Waals surface area contributed by atoms with Gasteiger partial charge in [0, 0.05) is 6.42 Å². The lowest BCUT2D eigenvalue weighted by Gasteiger charge is -2.19. The first-order valence-electron chi connectivity index (χ1n) is 4.96. The highest BCUT2D eigenvalue weighted by molar-refractivity contribution is 6.29. The Morgan fingerprint density at radius 3 is 2.93 bits per heavy atom. The third kappa shape index (κ3) is 1.84. The molecule has 15 heavy (non-hydrogen) atoms. The van der Waals surface area contributed by atoms with Crippen molar-refractivity contribution in [2.45, 2.75) is 26.2 Å². The standard InChI is InChI=1S/C11H12ClNO2/c1-6(2)10-9-7(5-8(12)13-10)3-4-15-11(9)14/h5-6H,3-4H2,1-2H3. The summed E-state index contributed by atoms with van der Waals surface area (Å²) in [6.07, 6.45) is 0.725. The van der Waals surface area contributed by atoms with Gasteiger partial charge < -0.3 is 4.74 Å². The molecule has 1 aromatic rings. The van der Waals surface area contributed by atoms with Crippen LogP contribution in [0.2, 0.25) is 5.15 Å². The molecule has 0 spiro atoms. The number of carbonyl (C=O) groups excluding carboxylic acids is 1. The maximum Gasteiger partial charge on any atom is 0.340 e. The molecule has 0 fully saturated rings. The first kappa shape index (κ1) is 10.4. The largest absolute Gasteiger partial charge is 0.462 e. The quantitative estimate of drug-likeness (QED) is 0.545. The van der Waals surface area contributed by atoms with Crippen LogP contribution in [-0.4, -0.2) is 17.6 Å². The van der Waals surface area contributed by atoms with Gasteiger partial charge in [-0.2, -0.15) is 0 Å². The van der Waals surface area contributed by atoms with Crippen molar-refractivity contribution < 1.29 is 9.53 Å².